The number of anilines is 1. The molecule has 0 aliphatic rings. The SMILES string of the molecule is CCc1nc(C(=O)Nc2cc(C(=O)O)ccc2O)n[nH]1. The van der Waals surface area contributed by atoms with Crippen LogP contribution in [0.1, 0.15) is 33.7 Å². The van der Waals surface area contributed by atoms with Gasteiger partial charge in [0.1, 0.15) is 11.6 Å². The molecule has 8 heteroatoms. The first-order valence-electron chi connectivity index (χ1n) is 5.80. The number of hydrogen-bond donors (Lipinski definition) is 4. The lowest BCUT2D eigenvalue weighted by Gasteiger charge is -2.06. The largest absolute Gasteiger partial charge is 0.506 e. The number of H-pyrrole nitrogens is 1. The van der Waals surface area contributed by atoms with E-state index < -0.39 is 11.9 Å². The molecule has 2 aromatic rings. The molecule has 0 unspecified atom stereocenters. The molecular formula is C12H12N4O4. The van der Waals surface area contributed by atoms with E-state index in [-0.39, 0.29) is 22.8 Å². The molecule has 1 heterocycles. The number of carboxylic acid groups (broad SMARTS) is 1. The molecule has 0 bridgehead atoms. The van der Waals surface area contributed by atoms with E-state index in [1.165, 1.54) is 12.1 Å². The fourth-order valence-corrected chi connectivity index (χ4v) is 1.50. The maximum Gasteiger partial charge on any atom is 0.335 e. The van der Waals surface area contributed by atoms with Crippen molar-refractivity contribution >= 4 is 17.6 Å². The van der Waals surface area contributed by atoms with Crippen molar-refractivity contribution in [1.82, 2.24) is 15.2 Å². The van der Waals surface area contributed by atoms with Crippen molar-refractivity contribution in [1.29, 1.82) is 0 Å². The Kier molecular flexibility index (Phi) is 3.65. The summed E-state index contributed by atoms with van der Waals surface area (Å²) in [5.41, 5.74) is -0.0694. The average molecular weight is 276 g/mol. The van der Waals surface area contributed by atoms with E-state index in [0.29, 0.717) is 12.2 Å². The Morgan fingerprint density at radius 3 is 2.75 bits per heavy atom. The normalized spacial score (nSPS) is 10.2. The van der Waals surface area contributed by atoms with Gasteiger partial charge in [-0.15, -0.1) is 5.10 Å². The average Bonchev–Trinajstić information content (AvgIpc) is 2.89. The van der Waals surface area contributed by atoms with Gasteiger partial charge in [0.25, 0.3) is 5.91 Å². The first-order valence-corrected chi connectivity index (χ1v) is 5.80. The number of nitrogens with zero attached hydrogens (tertiary/aromatic N) is 2. The van der Waals surface area contributed by atoms with Gasteiger partial charge >= 0.3 is 5.97 Å². The molecule has 104 valence electrons. The topological polar surface area (TPSA) is 128 Å². The maximum absolute atomic E-state index is 11.9. The van der Waals surface area contributed by atoms with Crippen molar-refractivity contribution in [3.63, 3.8) is 0 Å². The fourth-order valence-electron chi connectivity index (χ4n) is 1.50. The summed E-state index contributed by atoms with van der Waals surface area (Å²) < 4.78 is 0. The predicted octanol–water partition coefficient (Wildman–Crippen LogP) is 1.02. The Morgan fingerprint density at radius 2 is 2.15 bits per heavy atom. The molecule has 0 spiro atoms. The minimum atomic E-state index is -1.16. The number of aromatic carboxylic acids is 1. The number of carbonyl (C=O) groups is 2. The van der Waals surface area contributed by atoms with Crippen LogP contribution in [-0.4, -0.2) is 37.3 Å². The maximum atomic E-state index is 11.9. The summed E-state index contributed by atoms with van der Waals surface area (Å²) in [6.07, 6.45) is 0.597. The number of hydrogen-bond acceptors (Lipinski definition) is 5. The van der Waals surface area contributed by atoms with Crippen LogP contribution in [-0.2, 0) is 6.42 Å². The number of aromatic amines is 1. The third kappa shape index (κ3) is 2.74. The molecule has 0 fully saturated rings. The van der Waals surface area contributed by atoms with Crippen molar-refractivity contribution in [2.24, 2.45) is 0 Å². The number of benzene rings is 1. The number of aromatic nitrogens is 3. The van der Waals surface area contributed by atoms with Crippen LogP contribution in [0, 0.1) is 0 Å². The Hall–Kier alpha value is -2.90. The van der Waals surface area contributed by atoms with Gasteiger partial charge in [0, 0.05) is 6.42 Å². The molecule has 1 aromatic carbocycles. The van der Waals surface area contributed by atoms with E-state index in [9.17, 15) is 14.7 Å². The smallest absolute Gasteiger partial charge is 0.335 e. The van der Waals surface area contributed by atoms with Gasteiger partial charge in [-0.25, -0.2) is 9.78 Å². The van der Waals surface area contributed by atoms with Crippen LogP contribution in [0.25, 0.3) is 0 Å². The predicted molar refractivity (Wildman–Crippen MR) is 68.8 cm³/mol. The zero-order valence-electron chi connectivity index (χ0n) is 10.5. The van der Waals surface area contributed by atoms with E-state index in [1.54, 1.807) is 0 Å². The van der Waals surface area contributed by atoms with Crippen LogP contribution >= 0.6 is 0 Å². The number of amides is 1. The molecule has 8 nitrogen and oxygen atoms in total. The van der Waals surface area contributed by atoms with Gasteiger partial charge in [-0.2, -0.15) is 0 Å². The summed E-state index contributed by atoms with van der Waals surface area (Å²) in [6, 6.07) is 3.58. The van der Waals surface area contributed by atoms with Gasteiger partial charge < -0.3 is 15.5 Å². The number of nitrogens with one attached hydrogen (secondary N) is 2. The molecule has 20 heavy (non-hydrogen) atoms. The van der Waals surface area contributed by atoms with Crippen LogP contribution < -0.4 is 5.32 Å². The zero-order valence-corrected chi connectivity index (χ0v) is 10.5. The highest BCUT2D eigenvalue weighted by atomic mass is 16.4. The first kappa shape index (κ1) is 13.5. The molecule has 0 aliphatic carbocycles. The Morgan fingerprint density at radius 1 is 1.40 bits per heavy atom. The van der Waals surface area contributed by atoms with Crippen molar-refractivity contribution in [2.75, 3.05) is 5.32 Å². The summed E-state index contributed by atoms with van der Waals surface area (Å²) in [4.78, 5) is 26.6. The second kappa shape index (κ2) is 5.39. The highest BCUT2D eigenvalue weighted by molar-refractivity contribution is 6.03. The third-order valence-electron chi connectivity index (χ3n) is 2.56. The molecule has 1 amide bonds. The number of aryl methyl sites for hydroxylation is 1. The monoisotopic (exact) mass is 276 g/mol. The number of carboxylic acids is 1. The summed E-state index contributed by atoms with van der Waals surface area (Å²) in [5, 5.41) is 27.1. The number of carbonyl (C=O) groups excluding carboxylic acids is 1. The quantitative estimate of drug-likeness (QED) is 0.617. The summed E-state index contributed by atoms with van der Waals surface area (Å²) in [6.45, 7) is 1.85. The summed E-state index contributed by atoms with van der Waals surface area (Å²) >= 11 is 0. The highest BCUT2D eigenvalue weighted by Gasteiger charge is 2.15. The van der Waals surface area contributed by atoms with Gasteiger partial charge in [-0.1, -0.05) is 6.92 Å². The number of phenols is 1. The molecule has 0 radical (unpaired) electrons. The van der Waals surface area contributed by atoms with Crippen LogP contribution in [0.3, 0.4) is 0 Å². The standard InChI is InChI=1S/C12H12N4O4/c1-2-9-14-10(16-15-9)11(18)13-7-5-6(12(19)20)3-4-8(7)17/h3-5,17H,2H2,1H3,(H,13,18)(H,19,20)(H,14,15,16). The van der Waals surface area contributed by atoms with Gasteiger partial charge in [0.05, 0.1) is 11.3 Å². The minimum absolute atomic E-state index is 0.0160. The van der Waals surface area contributed by atoms with E-state index in [4.69, 9.17) is 5.11 Å². The highest BCUT2D eigenvalue weighted by Crippen LogP contribution is 2.24. The lowest BCUT2D eigenvalue weighted by molar-refractivity contribution is 0.0696. The van der Waals surface area contributed by atoms with Crippen LogP contribution in [0.15, 0.2) is 18.2 Å². The Bertz CT molecular complexity index is 665. The van der Waals surface area contributed by atoms with Crippen molar-refractivity contribution in [3.8, 4) is 5.75 Å². The molecule has 0 saturated heterocycles. The van der Waals surface area contributed by atoms with Crippen molar-refractivity contribution in [3.05, 3.63) is 35.4 Å². The molecule has 4 N–H and O–H groups in total. The van der Waals surface area contributed by atoms with Crippen LogP contribution in [0.4, 0.5) is 5.69 Å². The van der Waals surface area contributed by atoms with E-state index in [2.05, 4.69) is 20.5 Å². The van der Waals surface area contributed by atoms with Gasteiger partial charge in [0.2, 0.25) is 5.82 Å². The minimum Gasteiger partial charge on any atom is -0.506 e. The number of aromatic hydroxyl groups is 1. The molecule has 0 atom stereocenters. The fraction of sp³-hybridized carbons (Fsp3) is 0.167. The Labute approximate surface area is 113 Å². The first-order chi connectivity index (χ1) is 9.51. The second-order valence-corrected chi connectivity index (χ2v) is 3.95. The second-order valence-electron chi connectivity index (χ2n) is 3.95. The summed E-state index contributed by atoms with van der Waals surface area (Å²) in [7, 11) is 0. The number of phenolic OH excluding ortho intramolecular Hbond substituents is 1. The molecule has 0 saturated carbocycles. The van der Waals surface area contributed by atoms with E-state index in [0.717, 1.165) is 6.07 Å². The van der Waals surface area contributed by atoms with E-state index in [1.807, 2.05) is 6.92 Å². The molecular weight excluding hydrogens is 264 g/mol. The molecule has 1 aromatic heterocycles. The van der Waals surface area contributed by atoms with Gasteiger partial charge in [0.15, 0.2) is 0 Å². The summed E-state index contributed by atoms with van der Waals surface area (Å²) in [5.74, 6) is -1.57. The molecule has 0 aliphatic heterocycles. The molecule has 2 rings (SSSR count). The Balaban J connectivity index is 2.22. The zero-order chi connectivity index (χ0) is 14.7. The van der Waals surface area contributed by atoms with Gasteiger partial charge in [-0.3, -0.25) is 9.89 Å². The lowest BCUT2D eigenvalue weighted by atomic mass is 10.2. The number of rotatable bonds is 4. The van der Waals surface area contributed by atoms with Gasteiger partial charge in [-0.05, 0) is 18.2 Å². The van der Waals surface area contributed by atoms with Crippen LogP contribution in [0.2, 0.25) is 0 Å². The third-order valence-corrected chi connectivity index (χ3v) is 2.56. The van der Waals surface area contributed by atoms with Crippen molar-refractivity contribution < 1.29 is 19.8 Å². The lowest BCUT2D eigenvalue weighted by Crippen LogP contribution is -2.14. The van der Waals surface area contributed by atoms with Crippen molar-refractivity contribution in [2.45, 2.75) is 13.3 Å². The van der Waals surface area contributed by atoms with E-state index >= 15 is 0 Å². The van der Waals surface area contributed by atoms with Crippen LogP contribution in [0.5, 0.6) is 5.75 Å².